The fraction of sp³-hybridized carbons (Fsp3) is 0.750. The van der Waals surface area contributed by atoms with Gasteiger partial charge in [-0.2, -0.15) is 0 Å². The van der Waals surface area contributed by atoms with Crippen molar-refractivity contribution < 1.29 is 9.90 Å². The average Bonchev–Trinajstić information content (AvgIpc) is 2.15. The van der Waals surface area contributed by atoms with E-state index >= 15 is 0 Å². The first-order chi connectivity index (χ1) is 6.82. The van der Waals surface area contributed by atoms with Gasteiger partial charge in [0.05, 0.1) is 0 Å². The Morgan fingerprint density at radius 3 is 2.47 bits per heavy atom. The third kappa shape index (κ3) is 3.06. The molecule has 0 spiro atoms. The monoisotopic (exact) mass is 211 g/mol. The van der Waals surface area contributed by atoms with Crippen LogP contribution in [0.25, 0.3) is 0 Å². The number of rotatable bonds is 2. The van der Waals surface area contributed by atoms with Crippen LogP contribution in [-0.2, 0) is 4.79 Å². The topological polar surface area (TPSA) is 40.5 Å². The normalized spacial score (nSPS) is 18.0. The Balaban J connectivity index is 2.62. The molecule has 1 heterocycles. The molecule has 1 N–H and O–H groups in total. The average molecular weight is 211 g/mol. The lowest BCUT2D eigenvalue weighted by Gasteiger charge is -2.32. The molecule has 0 fully saturated rings. The summed E-state index contributed by atoms with van der Waals surface area (Å²) in [5, 5.41) is 9.60. The first kappa shape index (κ1) is 12.2. The Labute approximate surface area is 91.8 Å². The Morgan fingerprint density at radius 2 is 2.13 bits per heavy atom. The molecule has 0 radical (unpaired) electrons. The molecule has 0 saturated heterocycles. The van der Waals surface area contributed by atoms with Crippen molar-refractivity contribution in [3.63, 3.8) is 0 Å². The molecule has 1 aliphatic rings. The molecular formula is C12H21NO2. The summed E-state index contributed by atoms with van der Waals surface area (Å²) in [5.74, 6) is 0.381. The largest absolute Gasteiger partial charge is 0.381 e. The molecule has 0 unspecified atom stereocenters. The van der Waals surface area contributed by atoms with Gasteiger partial charge >= 0.3 is 0 Å². The summed E-state index contributed by atoms with van der Waals surface area (Å²) in [4.78, 5) is 13.5. The van der Waals surface area contributed by atoms with Gasteiger partial charge in [-0.05, 0) is 26.2 Å². The summed E-state index contributed by atoms with van der Waals surface area (Å²) < 4.78 is 0. The lowest BCUT2D eigenvalue weighted by molar-refractivity contribution is -0.147. The van der Waals surface area contributed by atoms with E-state index in [0.717, 1.165) is 13.0 Å². The quantitative estimate of drug-likeness (QED) is 0.704. The van der Waals surface area contributed by atoms with Crippen LogP contribution in [-0.4, -0.2) is 34.6 Å². The fourth-order valence-electron chi connectivity index (χ4n) is 1.78. The predicted octanol–water partition coefficient (Wildman–Crippen LogP) is 1.57. The predicted molar refractivity (Wildman–Crippen MR) is 60.4 cm³/mol. The zero-order valence-corrected chi connectivity index (χ0v) is 10.1. The van der Waals surface area contributed by atoms with Crippen LogP contribution in [0.3, 0.4) is 0 Å². The van der Waals surface area contributed by atoms with Gasteiger partial charge in [0.15, 0.2) is 0 Å². The molecule has 86 valence electrons. The lowest BCUT2D eigenvalue weighted by Crippen LogP contribution is -2.46. The smallest absolute Gasteiger partial charge is 0.254 e. The highest BCUT2D eigenvalue weighted by Gasteiger charge is 2.30. The maximum atomic E-state index is 11.7. The first-order valence-corrected chi connectivity index (χ1v) is 5.53. The summed E-state index contributed by atoms with van der Waals surface area (Å²) in [5.41, 5.74) is 0.165. The van der Waals surface area contributed by atoms with Gasteiger partial charge < -0.3 is 10.0 Å². The zero-order chi connectivity index (χ0) is 11.6. The number of aliphatic hydroxyl groups is 1. The fourth-order valence-corrected chi connectivity index (χ4v) is 1.78. The van der Waals surface area contributed by atoms with Crippen LogP contribution >= 0.6 is 0 Å². The SMILES string of the molecule is CC(C)C1=CCN(C(=O)C(C)(C)O)CC1. The molecule has 1 rings (SSSR count). The summed E-state index contributed by atoms with van der Waals surface area (Å²) in [6.07, 6.45) is 3.04. The van der Waals surface area contributed by atoms with E-state index in [1.165, 1.54) is 19.4 Å². The first-order valence-electron chi connectivity index (χ1n) is 5.53. The molecule has 3 heteroatoms. The van der Waals surface area contributed by atoms with Gasteiger partial charge in [0, 0.05) is 13.1 Å². The van der Waals surface area contributed by atoms with E-state index in [9.17, 15) is 9.90 Å². The van der Waals surface area contributed by atoms with Crippen molar-refractivity contribution in [2.45, 2.75) is 39.7 Å². The third-order valence-corrected chi connectivity index (χ3v) is 2.80. The van der Waals surface area contributed by atoms with Crippen LogP contribution < -0.4 is 0 Å². The molecule has 0 aromatic carbocycles. The van der Waals surface area contributed by atoms with Gasteiger partial charge in [0.1, 0.15) is 5.60 Å². The molecular weight excluding hydrogens is 190 g/mol. The van der Waals surface area contributed by atoms with Crippen molar-refractivity contribution in [1.29, 1.82) is 0 Å². The van der Waals surface area contributed by atoms with Gasteiger partial charge in [0.2, 0.25) is 0 Å². The van der Waals surface area contributed by atoms with Crippen molar-refractivity contribution in [2.24, 2.45) is 5.92 Å². The standard InChI is InChI=1S/C12H21NO2/c1-9(2)10-5-7-13(8-6-10)11(14)12(3,4)15/h5,9,15H,6-8H2,1-4H3. The summed E-state index contributed by atoms with van der Waals surface area (Å²) >= 11 is 0. The summed E-state index contributed by atoms with van der Waals surface area (Å²) in [6, 6.07) is 0. The van der Waals surface area contributed by atoms with Crippen molar-refractivity contribution in [3.05, 3.63) is 11.6 Å². The second-order valence-electron chi connectivity index (χ2n) is 4.99. The third-order valence-electron chi connectivity index (χ3n) is 2.80. The molecule has 0 aliphatic carbocycles. The van der Waals surface area contributed by atoms with Gasteiger partial charge in [-0.1, -0.05) is 25.5 Å². The van der Waals surface area contributed by atoms with E-state index < -0.39 is 5.60 Å². The number of hydrogen-bond acceptors (Lipinski definition) is 2. The van der Waals surface area contributed by atoms with Crippen LogP contribution in [0.2, 0.25) is 0 Å². The van der Waals surface area contributed by atoms with Crippen molar-refractivity contribution >= 4 is 5.91 Å². The molecule has 0 aromatic rings. The molecule has 0 aromatic heterocycles. The Hall–Kier alpha value is -0.830. The van der Waals surface area contributed by atoms with E-state index in [1.54, 1.807) is 4.90 Å². The van der Waals surface area contributed by atoms with Crippen molar-refractivity contribution in [1.82, 2.24) is 4.90 Å². The van der Waals surface area contributed by atoms with Crippen LogP contribution in [0.15, 0.2) is 11.6 Å². The molecule has 0 saturated carbocycles. The van der Waals surface area contributed by atoms with E-state index in [4.69, 9.17) is 0 Å². The van der Waals surface area contributed by atoms with E-state index in [-0.39, 0.29) is 5.91 Å². The Morgan fingerprint density at radius 1 is 1.53 bits per heavy atom. The van der Waals surface area contributed by atoms with Crippen molar-refractivity contribution in [2.75, 3.05) is 13.1 Å². The van der Waals surface area contributed by atoms with E-state index in [1.807, 2.05) is 0 Å². The van der Waals surface area contributed by atoms with E-state index in [2.05, 4.69) is 19.9 Å². The highest BCUT2D eigenvalue weighted by atomic mass is 16.3. The molecule has 15 heavy (non-hydrogen) atoms. The van der Waals surface area contributed by atoms with Crippen LogP contribution in [0.1, 0.15) is 34.1 Å². The number of nitrogens with zero attached hydrogens (tertiary/aromatic N) is 1. The van der Waals surface area contributed by atoms with Gasteiger partial charge in [-0.25, -0.2) is 0 Å². The molecule has 0 atom stereocenters. The second kappa shape index (κ2) is 4.35. The molecule has 0 bridgehead atoms. The summed E-state index contributed by atoms with van der Waals surface area (Å²) in [7, 11) is 0. The highest BCUT2D eigenvalue weighted by Crippen LogP contribution is 2.20. The number of hydrogen-bond donors (Lipinski definition) is 1. The Kier molecular flexibility index (Phi) is 3.55. The molecule has 1 amide bonds. The maximum Gasteiger partial charge on any atom is 0.254 e. The molecule has 1 aliphatic heterocycles. The van der Waals surface area contributed by atoms with Crippen LogP contribution in [0.4, 0.5) is 0 Å². The minimum absolute atomic E-state index is 0.179. The Bertz CT molecular complexity index is 274. The van der Waals surface area contributed by atoms with Crippen molar-refractivity contribution in [3.8, 4) is 0 Å². The number of carbonyl (C=O) groups is 1. The second-order valence-corrected chi connectivity index (χ2v) is 4.99. The highest BCUT2D eigenvalue weighted by molar-refractivity contribution is 5.84. The minimum Gasteiger partial charge on any atom is -0.381 e. The maximum absolute atomic E-state index is 11.7. The minimum atomic E-state index is -1.25. The van der Waals surface area contributed by atoms with Gasteiger partial charge in [0.25, 0.3) is 5.91 Å². The number of amides is 1. The van der Waals surface area contributed by atoms with E-state index in [0.29, 0.717) is 12.5 Å². The van der Waals surface area contributed by atoms with Gasteiger partial charge in [-0.3, -0.25) is 4.79 Å². The summed E-state index contributed by atoms with van der Waals surface area (Å²) in [6.45, 7) is 8.77. The van der Waals surface area contributed by atoms with Crippen LogP contribution in [0.5, 0.6) is 0 Å². The van der Waals surface area contributed by atoms with Gasteiger partial charge in [-0.15, -0.1) is 0 Å². The van der Waals surface area contributed by atoms with Crippen LogP contribution in [0, 0.1) is 5.92 Å². The number of carbonyl (C=O) groups excluding carboxylic acids is 1. The molecule has 3 nitrogen and oxygen atoms in total. The zero-order valence-electron chi connectivity index (χ0n) is 10.1. The lowest BCUT2D eigenvalue weighted by atomic mass is 9.96.